The van der Waals surface area contributed by atoms with Crippen molar-refractivity contribution in [2.45, 2.75) is 44.9 Å². The summed E-state index contributed by atoms with van der Waals surface area (Å²) in [7, 11) is 3.50. The van der Waals surface area contributed by atoms with Gasteiger partial charge in [-0.15, -0.1) is 24.0 Å². The smallest absolute Gasteiger partial charge is 0.220 e. The lowest BCUT2D eigenvalue weighted by Gasteiger charge is -2.30. The molecule has 1 amide bonds. The highest BCUT2D eigenvalue weighted by molar-refractivity contribution is 14.0. The molecule has 1 heterocycles. The highest BCUT2D eigenvalue weighted by Gasteiger charge is 2.22. The van der Waals surface area contributed by atoms with Gasteiger partial charge in [0, 0.05) is 26.1 Å². The van der Waals surface area contributed by atoms with Gasteiger partial charge in [0.15, 0.2) is 5.96 Å². The number of halogens is 1. The summed E-state index contributed by atoms with van der Waals surface area (Å²) in [6.45, 7) is 7.07. The molecule has 1 atom stereocenters. The Kier molecular flexibility index (Phi) is 13.6. The number of amides is 1. The fourth-order valence-corrected chi connectivity index (χ4v) is 3.84. The number of primary amides is 1. The summed E-state index contributed by atoms with van der Waals surface area (Å²) in [5, 5.41) is 6.81. The van der Waals surface area contributed by atoms with Crippen molar-refractivity contribution in [2.75, 3.05) is 46.9 Å². The summed E-state index contributed by atoms with van der Waals surface area (Å²) < 4.78 is 5.22. The predicted octanol–water partition coefficient (Wildman–Crippen LogP) is 2.95. The van der Waals surface area contributed by atoms with Gasteiger partial charge in [0.2, 0.25) is 5.91 Å². The van der Waals surface area contributed by atoms with Crippen molar-refractivity contribution >= 4 is 35.8 Å². The maximum absolute atomic E-state index is 11.2. The Bertz CT molecular complexity index is 660. The van der Waals surface area contributed by atoms with Crippen LogP contribution in [-0.2, 0) is 4.79 Å². The van der Waals surface area contributed by atoms with Crippen molar-refractivity contribution in [1.82, 2.24) is 15.5 Å². The van der Waals surface area contributed by atoms with E-state index in [9.17, 15) is 4.79 Å². The van der Waals surface area contributed by atoms with Gasteiger partial charge in [-0.3, -0.25) is 9.79 Å². The molecule has 1 fully saturated rings. The quantitative estimate of drug-likeness (QED) is 0.172. The SMILES string of the molecule is CN=C(NCCCCN1CCC(C(N)=O)CC1)NCCC(C)c1ccc(OC)cc1.I. The van der Waals surface area contributed by atoms with Gasteiger partial charge in [0.05, 0.1) is 7.11 Å². The molecule has 0 radical (unpaired) electrons. The zero-order chi connectivity index (χ0) is 21.8. The first-order valence-corrected chi connectivity index (χ1v) is 11.1. The minimum atomic E-state index is -0.142. The number of aliphatic imine (C=N–C) groups is 1. The summed E-state index contributed by atoms with van der Waals surface area (Å²) in [5.41, 5.74) is 6.72. The molecular weight excluding hydrogens is 505 g/mol. The number of likely N-dealkylation sites (tertiary alicyclic amines) is 1. The van der Waals surface area contributed by atoms with Gasteiger partial charge in [-0.05, 0) is 75.4 Å². The van der Waals surface area contributed by atoms with Crippen LogP contribution < -0.4 is 21.1 Å². The second-order valence-electron chi connectivity index (χ2n) is 8.11. The van der Waals surface area contributed by atoms with E-state index in [2.05, 4.69) is 39.6 Å². The Morgan fingerprint density at radius 3 is 2.42 bits per heavy atom. The number of guanidine groups is 1. The number of piperidine rings is 1. The summed E-state index contributed by atoms with van der Waals surface area (Å²) in [5.74, 6) is 2.16. The van der Waals surface area contributed by atoms with Crippen molar-refractivity contribution < 1.29 is 9.53 Å². The van der Waals surface area contributed by atoms with Crippen molar-refractivity contribution in [3.8, 4) is 5.75 Å². The van der Waals surface area contributed by atoms with E-state index < -0.39 is 0 Å². The number of hydrogen-bond donors (Lipinski definition) is 3. The van der Waals surface area contributed by atoms with Crippen molar-refractivity contribution in [1.29, 1.82) is 0 Å². The van der Waals surface area contributed by atoms with Crippen LogP contribution in [-0.4, -0.2) is 63.6 Å². The lowest BCUT2D eigenvalue weighted by Crippen LogP contribution is -2.40. The lowest BCUT2D eigenvalue weighted by molar-refractivity contribution is -0.123. The molecule has 176 valence electrons. The molecule has 0 aromatic heterocycles. The van der Waals surface area contributed by atoms with E-state index in [1.54, 1.807) is 7.11 Å². The summed E-state index contributed by atoms with van der Waals surface area (Å²) in [6, 6.07) is 8.29. The molecule has 1 aromatic carbocycles. The topological polar surface area (TPSA) is 92.0 Å². The Hall–Kier alpha value is -1.55. The number of nitrogens with one attached hydrogen (secondary N) is 2. The fraction of sp³-hybridized carbons (Fsp3) is 0.652. The van der Waals surface area contributed by atoms with E-state index in [1.807, 2.05) is 19.2 Å². The number of nitrogens with two attached hydrogens (primary N) is 1. The number of carbonyl (C=O) groups excluding carboxylic acids is 1. The van der Waals surface area contributed by atoms with Crippen LogP contribution in [0.25, 0.3) is 0 Å². The van der Waals surface area contributed by atoms with E-state index in [4.69, 9.17) is 10.5 Å². The molecule has 1 unspecified atom stereocenters. The minimum Gasteiger partial charge on any atom is -0.497 e. The molecule has 1 aromatic rings. The lowest BCUT2D eigenvalue weighted by atomic mass is 9.96. The molecule has 31 heavy (non-hydrogen) atoms. The first-order chi connectivity index (χ1) is 14.5. The normalized spacial score (nSPS) is 16.3. The molecule has 0 aliphatic carbocycles. The maximum atomic E-state index is 11.2. The standard InChI is InChI=1S/C23H39N5O2.HI/c1-18(19-6-8-21(30-3)9-7-19)10-14-27-23(25-2)26-13-4-5-15-28-16-11-20(12-17-28)22(24)29;/h6-9,18,20H,4-5,10-17H2,1-3H3,(H2,24,29)(H2,25,26,27);1H. The molecule has 1 aliphatic heterocycles. The van der Waals surface area contributed by atoms with Gasteiger partial charge in [-0.2, -0.15) is 0 Å². The zero-order valence-corrected chi connectivity index (χ0v) is 21.6. The van der Waals surface area contributed by atoms with Crippen LogP contribution in [0.15, 0.2) is 29.3 Å². The fourth-order valence-electron chi connectivity index (χ4n) is 3.84. The van der Waals surface area contributed by atoms with Gasteiger partial charge in [0.1, 0.15) is 5.75 Å². The molecular formula is C23H40IN5O2. The van der Waals surface area contributed by atoms with Crippen LogP contribution in [0, 0.1) is 5.92 Å². The molecule has 8 heteroatoms. The Balaban J connectivity index is 0.00000480. The minimum absolute atomic E-state index is 0. The number of carbonyl (C=O) groups is 1. The molecule has 4 N–H and O–H groups in total. The van der Waals surface area contributed by atoms with E-state index in [0.29, 0.717) is 5.92 Å². The summed E-state index contributed by atoms with van der Waals surface area (Å²) >= 11 is 0. The van der Waals surface area contributed by atoms with Crippen LogP contribution in [0.2, 0.25) is 0 Å². The molecule has 0 spiro atoms. The van der Waals surface area contributed by atoms with Gasteiger partial charge >= 0.3 is 0 Å². The Morgan fingerprint density at radius 2 is 1.84 bits per heavy atom. The number of methoxy groups -OCH3 is 1. The maximum Gasteiger partial charge on any atom is 0.220 e. The van der Waals surface area contributed by atoms with Gasteiger partial charge < -0.3 is 26.0 Å². The van der Waals surface area contributed by atoms with E-state index in [1.165, 1.54) is 5.56 Å². The van der Waals surface area contributed by atoms with Crippen molar-refractivity contribution in [3.63, 3.8) is 0 Å². The average Bonchev–Trinajstić information content (AvgIpc) is 2.77. The molecule has 1 aliphatic rings. The second kappa shape index (κ2) is 15.3. The first kappa shape index (κ1) is 27.5. The number of benzene rings is 1. The Labute approximate surface area is 204 Å². The molecule has 0 bridgehead atoms. The number of ether oxygens (including phenoxy) is 1. The second-order valence-corrected chi connectivity index (χ2v) is 8.11. The van der Waals surface area contributed by atoms with Crippen molar-refractivity contribution in [2.24, 2.45) is 16.6 Å². The first-order valence-electron chi connectivity index (χ1n) is 11.1. The molecule has 0 saturated carbocycles. The number of rotatable bonds is 11. The van der Waals surface area contributed by atoms with Gasteiger partial charge in [-0.1, -0.05) is 19.1 Å². The van der Waals surface area contributed by atoms with E-state index in [0.717, 1.165) is 76.5 Å². The molecule has 2 rings (SSSR count). The number of unbranched alkanes of at least 4 members (excludes halogenated alkanes) is 1. The van der Waals surface area contributed by atoms with Crippen LogP contribution >= 0.6 is 24.0 Å². The van der Waals surface area contributed by atoms with E-state index >= 15 is 0 Å². The van der Waals surface area contributed by atoms with Crippen LogP contribution in [0.5, 0.6) is 5.75 Å². The third kappa shape index (κ3) is 10.1. The zero-order valence-electron chi connectivity index (χ0n) is 19.2. The summed E-state index contributed by atoms with van der Waals surface area (Å²) in [6.07, 6.45) is 5.07. The monoisotopic (exact) mass is 545 g/mol. The third-order valence-electron chi connectivity index (χ3n) is 5.96. The number of hydrogen-bond acceptors (Lipinski definition) is 4. The largest absolute Gasteiger partial charge is 0.497 e. The average molecular weight is 546 g/mol. The summed E-state index contributed by atoms with van der Waals surface area (Å²) in [4.78, 5) is 18.0. The number of nitrogens with zero attached hydrogens (tertiary/aromatic N) is 2. The van der Waals surface area contributed by atoms with Gasteiger partial charge in [0.25, 0.3) is 0 Å². The predicted molar refractivity (Wildman–Crippen MR) is 138 cm³/mol. The highest BCUT2D eigenvalue weighted by Crippen LogP contribution is 2.21. The van der Waals surface area contributed by atoms with Gasteiger partial charge in [-0.25, -0.2) is 0 Å². The van der Waals surface area contributed by atoms with Crippen molar-refractivity contribution in [3.05, 3.63) is 29.8 Å². The van der Waals surface area contributed by atoms with Crippen LogP contribution in [0.1, 0.15) is 50.5 Å². The van der Waals surface area contributed by atoms with Crippen LogP contribution in [0.3, 0.4) is 0 Å². The highest BCUT2D eigenvalue weighted by atomic mass is 127. The molecule has 1 saturated heterocycles. The Morgan fingerprint density at radius 1 is 1.19 bits per heavy atom. The molecule has 7 nitrogen and oxygen atoms in total. The van der Waals surface area contributed by atoms with Crippen LogP contribution in [0.4, 0.5) is 0 Å². The third-order valence-corrected chi connectivity index (χ3v) is 5.96. The van der Waals surface area contributed by atoms with E-state index in [-0.39, 0.29) is 35.8 Å².